The summed E-state index contributed by atoms with van der Waals surface area (Å²) in [5, 5.41) is 3.74. The van der Waals surface area contributed by atoms with Crippen molar-refractivity contribution in [1.82, 2.24) is 20.2 Å². The number of nitrogens with one attached hydrogen (secondary N) is 1. The normalized spacial score (nSPS) is 15.8. The number of carbonyl (C=O) groups is 1. The third-order valence-corrected chi connectivity index (χ3v) is 5.04. The van der Waals surface area contributed by atoms with Gasteiger partial charge in [-0.25, -0.2) is 14.4 Å². The molecule has 2 heterocycles. The number of hydrogen-bond acceptors (Lipinski definition) is 5. The average Bonchev–Trinajstić information content (AvgIpc) is 2.69. The monoisotopic (exact) mass is 405 g/mol. The molecule has 6 nitrogen and oxygen atoms in total. The minimum Gasteiger partial charge on any atom is -0.353 e. The highest BCUT2D eigenvalue weighted by molar-refractivity contribution is 6.29. The van der Waals surface area contributed by atoms with Gasteiger partial charge >= 0.3 is 0 Å². The number of carbonyl (C=O) groups excluding carboxylic acids is 1. The van der Waals surface area contributed by atoms with Crippen LogP contribution in [0.25, 0.3) is 0 Å². The van der Waals surface area contributed by atoms with Crippen molar-refractivity contribution in [2.75, 3.05) is 37.6 Å². The number of piperazine rings is 1. The molecule has 0 bridgehead atoms. The number of nitrogens with zero attached hydrogens (tertiary/aromatic N) is 4. The SMILES string of the molecule is CC(C)NCC(C(=O)N1CCN(c2cc(Cl)ncn2)CC1)c1ccc(F)cc1. The molecule has 0 spiro atoms. The van der Waals surface area contributed by atoms with Crippen LogP contribution in [0.2, 0.25) is 5.15 Å². The molecule has 1 aromatic heterocycles. The molecule has 0 radical (unpaired) electrons. The first-order valence-electron chi connectivity index (χ1n) is 9.44. The molecule has 1 atom stereocenters. The number of amides is 1. The topological polar surface area (TPSA) is 61.4 Å². The van der Waals surface area contributed by atoms with Crippen LogP contribution in [0.1, 0.15) is 25.3 Å². The van der Waals surface area contributed by atoms with Crippen LogP contribution in [0, 0.1) is 5.82 Å². The molecule has 1 saturated heterocycles. The highest BCUT2D eigenvalue weighted by atomic mass is 35.5. The van der Waals surface area contributed by atoms with E-state index in [1.807, 2.05) is 18.7 Å². The van der Waals surface area contributed by atoms with E-state index in [-0.39, 0.29) is 23.7 Å². The number of hydrogen-bond donors (Lipinski definition) is 1. The molecule has 1 aliphatic rings. The van der Waals surface area contributed by atoms with E-state index in [2.05, 4.69) is 20.2 Å². The van der Waals surface area contributed by atoms with E-state index in [0.717, 1.165) is 11.4 Å². The van der Waals surface area contributed by atoms with Crippen LogP contribution in [0.5, 0.6) is 0 Å². The van der Waals surface area contributed by atoms with Crippen LogP contribution < -0.4 is 10.2 Å². The molecule has 2 aromatic rings. The van der Waals surface area contributed by atoms with E-state index in [9.17, 15) is 9.18 Å². The van der Waals surface area contributed by atoms with Gasteiger partial charge in [0.25, 0.3) is 0 Å². The summed E-state index contributed by atoms with van der Waals surface area (Å²) in [6.45, 7) is 7.14. The first-order valence-corrected chi connectivity index (χ1v) is 9.82. The Labute approximate surface area is 169 Å². The predicted octanol–water partition coefficient (Wildman–Crippen LogP) is 2.70. The standard InChI is InChI=1S/C20H25ClFN5O/c1-14(2)23-12-17(15-3-5-16(22)6-4-15)20(28)27-9-7-26(8-10-27)19-11-18(21)24-13-25-19/h3-6,11,13-14,17,23H,7-10,12H2,1-2H3. The molecule has 28 heavy (non-hydrogen) atoms. The van der Waals surface area contributed by atoms with Gasteiger partial charge in [-0.05, 0) is 17.7 Å². The Hall–Kier alpha value is -2.25. The molecule has 0 saturated carbocycles. The lowest BCUT2D eigenvalue weighted by atomic mass is 9.96. The summed E-state index contributed by atoms with van der Waals surface area (Å²) in [5.74, 6) is 0.177. The molecule has 8 heteroatoms. The maximum Gasteiger partial charge on any atom is 0.231 e. The molecule has 150 valence electrons. The van der Waals surface area contributed by atoms with E-state index in [4.69, 9.17) is 11.6 Å². The second kappa shape index (κ2) is 9.30. The fourth-order valence-corrected chi connectivity index (χ4v) is 3.41. The third kappa shape index (κ3) is 5.17. The van der Waals surface area contributed by atoms with Crippen molar-refractivity contribution < 1.29 is 9.18 Å². The van der Waals surface area contributed by atoms with Gasteiger partial charge in [-0.15, -0.1) is 0 Å². The van der Waals surface area contributed by atoms with E-state index in [1.54, 1.807) is 18.2 Å². The van der Waals surface area contributed by atoms with Crippen LogP contribution in [-0.4, -0.2) is 59.5 Å². The van der Waals surface area contributed by atoms with Crippen LogP contribution in [0.15, 0.2) is 36.7 Å². The van der Waals surface area contributed by atoms with Crippen LogP contribution in [0.4, 0.5) is 10.2 Å². The Balaban J connectivity index is 1.68. The van der Waals surface area contributed by atoms with Crippen LogP contribution in [-0.2, 0) is 4.79 Å². The van der Waals surface area contributed by atoms with Gasteiger partial charge in [-0.3, -0.25) is 4.79 Å². The highest BCUT2D eigenvalue weighted by Gasteiger charge is 2.29. The lowest BCUT2D eigenvalue weighted by Crippen LogP contribution is -2.51. The zero-order chi connectivity index (χ0) is 20.1. The Morgan fingerprint density at radius 2 is 1.86 bits per heavy atom. The zero-order valence-corrected chi connectivity index (χ0v) is 16.9. The quantitative estimate of drug-likeness (QED) is 0.749. The smallest absolute Gasteiger partial charge is 0.231 e. The first kappa shape index (κ1) is 20.5. The van der Waals surface area contributed by atoms with Crippen molar-refractivity contribution >= 4 is 23.3 Å². The summed E-state index contributed by atoms with van der Waals surface area (Å²) in [6, 6.07) is 8.18. The largest absolute Gasteiger partial charge is 0.353 e. The average molecular weight is 406 g/mol. The Bertz CT molecular complexity index is 793. The first-order chi connectivity index (χ1) is 13.4. The lowest BCUT2D eigenvalue weighted by Gasteiger charge is -2.37. The van der Waals surface area contributed by atoms with Crippen LogP contribution >= 0.6 is 11.6 Å². The summed E-state index contributed by atoms with van der Waals surface area (Å²) >= 11 is 5.95. The molecule has 1 aliphatic heterocycles. The van der Waals surface area contributed by atoms with Gasteiger partial charge in [0.15, 0.2) is 0 Å². The molecule has 0 aliphatic carbocycles. The van der Waals surface area contributed by atoms with E-state index >= 15 is 0 Å². The minimum absolute atomic E-state index is 0.0557. The van der Waals surface area contributed by atoms with Crippen molar-refractivity contribution in [2.45, 2.75) is 25.8 Å². The molecule has 1 unspecified atom stereocenters. The predicted molar refractivity (Wildman–Crippen MR) is 108 cm³/mol. The number of benzene rings is 1. The maximum absolute atomic E-state index is 13.3. The summed E-state index contributed by atoms with van der Waals surface area (Å²) in [4.78, 5) is 25.3. The van der Waals surface area contributed by atoms with Gasteiger partial charge in [-0.1, -0.05) is 37.6 Å². The summed E-state index contributed by atoms with van der Waals surface area (Å²) in [7, 11) is 0. The number of aromatic nitrogens is 2. The summed E-state index contributed by atoms with van der Waals surface area (Å²) < 4.78 is 13.3. The zero-order valence-electron chi connectivity index (χ0n) is 16.1. The van der Waals surface area contributed by atoms with Crippen molar-refractivity contribution in [1.29, 1.82) is 0 Å². The maximum atomic E-state index is 13.3. The second-order valence-electron chi connectivity index (χ2n) is 7.18. The molecular formula is C20H25ClFN5O. The van der Waals surface area contributed by atoms with E-state index < -0.39 is 0 Å². The minimum atomic E-state index is -0.344. The Morgan fingerprint density at radius 3 is 2.46 bits per heavy atom. The van der Waals surface area contributed by atoms with Gasteiger partial charge in [0.1, 0.15) is 23.1 Å². The van der Waals surface area contributed by atoms with Gasteiger partial charge in [0.2, 0.25) is 5.91 Å². The van der Waals surface area contributed by atoms with Crippen molar-refractivity contribution in [3.05, 3.63) is 53.2 Å². The van der Waals surface area contributed by atoms with Gasteiger partial charge in [0.05, 0.1) is 5.92 Å². The van der Waals surface area contributed by atoms with Gasteiger partial charge < -0.3 is 15.1 Å². The van der Waals surface area contributed by atoms with Crippen molar-refractivity contribution in [3.63, 3.8) is 0 Å². The molecular weight excluding hydrogens is 381 g/mol. The molecule has 1 fully saturated rings. The van der Waals surface area contributed by atoms with Gasteiger partial charge in [0, 0.05) is 44.8 Å². The molecule has 1 N–H and O–H groups in total. The lowest BCUT2D eigenvalue weighted by molar-refractivity contribution is -0.133. The molecule has 1 aromatic carbocycles. The van der Waals surface area contributed by atoms with Crippen LogP contribution in [0.3, 0.4) is 0 Å². The third-order valence-electron chi connectivity index (χ3n) is 4.84. The second-order valence-corrected chi connectivity index (χ2v) is 7.57. The fourth-order valence-electron chi connectivity index (χ4n) is 3.27. The number of rotatable bonds is 6. The van der Waals surface area contributed by atoms with E-state index in [1.165, 1.54) is 18.5 Å². The molecule has 1 amide bonds. The summed E-state index contributed by atoms with van der Waals surface area (Å²) in [5.41, 5.74) is 0.824. The number of halogens is 2. The molecule has 3 rings (SSSR count). The Morgan fingerprint density at radius 1 is 1.18 bits per heavy atom. The fraction of sp³-hybridized carbons (Fsp3) is 0.450. The van der Waals surface area contributed by atoms with Gasteiger partial charge in [-0.2, -0.15) is 0 Å². The summed E-state index contributed by atoms with van der Waals surface area (Å²) in [6.07, 6.45) is 1.44. The van der Waals surface area contributed by atoms with E-state index in [0.29, 0.717) is 37.9 Å². The van der Waals surface area contributed by atoms with Crippen molar-refractivity contribution in [2.24, 2.45) is 0 Å². The highest BCUT2D eigenvalue weighted by Crippen LogP contribution is 2.22. The Kier molecular flexibility index (Phi) is 6.80. The number of anilines is 1. The van der Waals surface area contributed by atoms with Crippen molar-refractivity contribution in [3.8, 4) is 0 Å².